The number of aromatic amines is 1. The quantitative estimate of drug-likeness (QED) is 0.727. The van der Waals surface area contributed by atoms with Gasteiger partial charge in [0, 0.05) is 73.7 Å². The van der Waals surface area contributed by atoms with E-state index in [1.165, 1.54) is 5.56 Å². The molecular formula is C24H26N4O. The smallest absolute Gasteiger partial charge is 0.253 e. The molecule has 4 saturated heterocycles. The normalized spacial score (nSPS) is 33.0. The maximum absolute atomic E-state index is 13.4. The first-order valence-electron chi connectivity index (χ1n) is 10.6. The van der Waals surface area contributed by atoms with Crippen molar-refractivity contribution in [1.29, 1.82) is 0 Å². The Morgan fingerprint density at radius 2 is 1.66 bits per heavy atom. The molecule has 29 heavy (non-hydrogen) atoms. The van der Waals surface area contributed by atoms with Crippen LogP contribution in [-0.2, 0) is 5.41 Å². The first-order valence-corrected chi connectivity index (χ1v) is 10.6. The number of carbonyl (C=O) groups is 1. The van der Waals surface area contributed by atoms with Gasteiger partial charge >= 0.3 is 0 Å². The number of rotatable bonds is 3. The Labute approximate surface area is 170 Å². The molecule has 7 rings (SSSR count). The molecule has 1 aromatic heterocycles. The number of H-pyrrole nitrogens is 1. The van der Waals surface area contributed by atoms with Crippen molar-refractivity contribution >= 4 is 16.8 Å². The molecule has 5 heteroatoms. The fourth-order valence-electron chi connectivity index (χ4n) is 6.05. The first-order chi connectivity index (χ1) is 14.2. The van der Waals surface area contributed by atoms with Gasteiger partial charge in [-0.05, 0) is 11.6 Å². The fourth-order valence-corrected chi connectivity index (χ4v) is 6.05. The Morgan fingerprint density at radius 1 is 0.966 bits per heavy atom. The second-order valence-electron chi connectivity index (χ2n) is 8.95. The van der Waals surface area contributed by atoms with Crippen LogP contribution < -0.4 is 5.32 Å². The van der Waals surface area contributed by atoms with Crippen LogP contribution in [0, 0.1) is 5.92 Å². The third-order valence-corrected chi connectivity index (χ3v) is 7.27. The average molecular weight is 386 g/mol. The number of carbonyl (C=O) groups excluding carboxylic acids is 1. The van der Waals surface area contributed by atoms with Gasteiger partial charge in [0.25, 0.3) is 5.91 Å². The molecule has 2 aromatic carbocycles. The summed E-state index contributed by atoms with van der Waals surface area (Å²) >= 11 is 0. The molecule has 4 bridgehead atoms. The first kappa shape index (κ1) is 17.2. The standard InChI is InChI=1S/C24H26N4O/c29-23(20-12-25-21-9-5-4-8-19(20)21)26-22-17-13-27-10-11-28(14-17)16-24(22,15-27)18-6-2-1-3-7-18/h1-9,12,17,22,25H,10-11,13-16H2,(H,26,29). The zero-order chi connectivity index (χ0) is 19.4. The molecule has 3 aromatic rings. The summed E-state index contributed by atoms with van der Waals surface area (Å²) in [6, 6.07) is 19.0. The monoisotopic (exact) mass is 386 g/mol. The zero-order valence-electron chi connectivity index (χ0n) is 16.5. The number of piperidine rings is 2. The van der Waals surface area contributed by atoms with E-state index < -0.39 is 0 Å². The van der Waals surface area contributed by atoms with Gasteiger partial charge in [0.15, 0.2) is 0 Å². The van der Waals surface area contributed by atoms with Crippen LogP contribution in [0.3, 0.4) is 0 Å². The minimum absolute atomic E-state index is 0.0407. The Hall–Kier alpha value is -2.63. The second kappa shape index (κ2) is 6.44. The van der Waals surface area contributed by atoms with Crippen molar-refractivity contribution in [1.82, 2.24) is 20.1 Å². The average Bonchev–Trinajstić information content (AvgIpc) is 3.02. The van der Waals surface area contributed by atoms with E-state index >= 15 is 0 Å². The van der Waals surface area contributed by atoms with Crippen LogP contribution >= 0.6 is 0 Å². The molecule has 5 heterocycles. The van der Waals surface area contributed by atoms with Crippen LogP contribution in [0.2, 0.25) is 0 Å². The summed E-state index contributed by atoms with van der Waals surface area (Å²) in [4.78, 5) is 21.9. The lowest BCUT2D eigenvalue weighted by Gasteiger charge is -2.55. The molecular weight excluding hydrogens is 360 g/mol. The predicted octanol–water partition coefficient (Wildman–Crippen LogP) is 2.47. The highest BCUT2D eigenvalue weighted by atomic mass is 16.1. The number of hydrogen-bond acceptors (Lipinski definition) is 3. The predicted molar refractivity (Wildman–Crippen MR) is 114 cm³/mol. The number of amides is 1. The van der Waals surface area contributed by atoms with E-state index in [4.69, 9.17) is 0 Å². The van der Waals surface area contributed by atoms with Gasteiger partial charge in [-0.1, -0.05) is 48.5 Å². The molecule has 2 N–H and O–H groups in total. The number of hydrogen-bond donors (Lipinski definition) is 2. The maximum atomic E-state index is 13.4. The number of fused-ring (bicyclic) bond motifs is 2. The van der Waals surface area contributed by atoms with Crippen LogP contribution in [0.25, 0.3) is 10.9 Å². The molecule has 148 valence electrons. The molecule has 4 fully saturated rings. The molecule has 3 atom stereocenters. The summed E-state index contributed by atoms with van der Waals surface area (Å²) in [5.41, 5.74) is 3.05. The lowest BCUT2D eigenvalue weighted by atomic mass is 9.64. The highest BCUT2D eigenvalue weighted by molar-refractivity contribution is 6.06. The Balaban J connectivity index is 1.40. The van der Waals surface area contributed by atoms with E-state index in [0.29, 0.717) is 5.92 Å². The van der Waals surface area contributed by atoms with E-state index in [9.17, 15) is 4.79 Å². The molecule has 0 saturated carbocycles. The van der Waals surface area contributed by atoms with Crippen molar-refractivity contribution in [2.75, 3.05) is 39.3 Å². The van der Waals surface area contributed by atoms with Gasteiger partial charge in [-0.2, -0.15) is 0 Å². The van der Waals surface area contributed by atoms with Crippen LogP contribution in [0.5, 0.6) is 0 Å². The Bertz CT molecular complexity index is 1040. The molecule has 5 nitrogen and oxygen atoms in total. The largest absolute Gasteiger partial charge is 0.360 e. The van der Waals surface area contributed by atoms with Gasteiger partial charge in [-0.15, -0.1) is 0 Å². The number of aromatic nitrogens is 1. The van der Waals surface area contributed by atoms with Crippen molar-refractivity contribution in [2.45, 2.75) is 11.5 Å². The van der Waals surface area contributed by atoms with Gasteiger partial charge in [-0.25, -0.2) is 0 Å². The van der Waals surface area contributed by atoms with Crippen molar-refractivity contribution in [3.05, 3.63) is 71.9 Å². The van der Waals surface area contributed by atoms with Gasteiger partial charge < -0.3 is 20.1 Å². The molecule has 3 unspecified atom stereocenters. The summed E-state index contributed by atoms with van der Waals surface area (Å²) < 4.78 is 0. The number of benzene rings is 2. The molecule has 4 aliphatic heterocycles. The third kappa shape index (κ3) is 2.65. The van der Waals surface area contributed by atoms with E-state index in [-0.39, 0.29) is 17.4 Å². The minimum atomic E-state index is -0.0549. The van der Waals surface area contributed by atoms with Crippen molar-refractivity contribution < 1.29 is 4.79 Å². The molecule has 0 radical (unpaired) electrons. The van der Waals surface area contributed by atoms with Crippen molar-refractivity contribution in [3.8, 4) is 0 Å². The molecule has 4 aliphatic rings. The van der Waals surface area contributed by atoms with E-state index in [0.717, 1.165) is 55.7 Å². The van der Waals surface area contributed by atoms with E-state index in [1.54, 1.807) is 0 Å². The van der Waals surface area contributed by atoms with E-state index in [1.807, 2.05) is 30.5 Å². The summed E-state index contributed by atoms with van der Waals surface area (Å²) in [6.07, 6.45) is 1.85. The van der Waals surface area contributed by atoms with Gasteiger partial charge in [0.2, 0.25) is 0 Å². The third-order valence-electron chi connectivity index (χ3n) is 7.27. The maximum Gasteiger partial charge on any atom is 0.253 e. The van der Waals surface area contributed by atoms with E-state index in [2.05, 4.69) is 50.4 Å². The molecule has 0 spiro atoms. The number of para-hydroxylation sites is 1. The summed E-state index contributed by atoms with van der Waals surface area (Å²) in [5, 5.41) is 4.50. The molecule has 0 aliphatic carbocycles. The Kier molecular flexibility index (Phi) is 3.83. The SMILES string of the molecule is O=C(NC1C2CN3CCN(C2)CC1(c1ccccc1)C3)c1c[nH]c2ccccc12. The summed E-state index contributed by atoms with van der Waals surface area (Å²) in [7, 11) is 0. The highest BCUT2D eigenvalue weighted by Gasteiger charge is 2.55. The zero-order valence-corrected chi connectivity index (χ0v) is 16.5. The minimum Gasteiger partial charge on any atom is -0.360 e. The van der Waals surface area contributed by atoms with Crippen molar-refractivity contribution in [3.63, 3.8) is 0 Å². The topological polar surface area (TPSA) is 51.4 Å². The highest BCUT2D eigenvalue weighted by Crippen LogP contribution is 2.43. The van der Waals surface area contributed by atoms with Crippen LogP contribution in [0.1, 0.15) is 15.9 Å². The summed E-state index contributed by atoms with van der Waals surface area (Å²) in [6.45, 7) is 6.45. The van der Waals surface area contributed by atoms with Crippen LogP contribution in [0.15, 0.2) is 60.8 Å². The Morgan fingerprint density at radius 3 is 2.41 bits per heavy atom. The van der Waals surface area contributed by atoms with Crippen LogP contribution in [-0.4, -0.2) is 66.0 Å². The number of nitrogens with one attached hydrogen (secondary N) is 2. The summed E-state index contributed by atoms with van der Waals surface area (Å²) in [5.74, 6) is 0.494. The lowest BCUT2D eigenvalue weighted by molar-refractivity contribution is 0.0181. The van der Waals surface area contributed by atoms with Gasteiger partial charge in [0.05, 0.1) is 5.56 Å². The lowest BCUT2D eigenvalue weighted by Crippen LogP contribution is -2.70. The molecule has 1 amide bonds. The number of nitrogens with zero attached hydrogens (tertiary/aromatic N) is 2. The van der Waals surface area contributed by atoms with Gasteiger partial charge in [0.1, 0.15) is 0 Å². The van der Waals surface area contributed by atoms with Crippen LogP contribution in [0.4, 0.5) is 0 Å². The second-order valence-corrected chi connectivity index (χ2v) is 8.95. The van der Waals surface area contributed by atoms with Crippen molar-refractivity contribution in [2.24, 2.45) is 5.92 Å². The fraction of sp³-hybridized carbons (Fsp3) is 0.375. The van der Waals surface area contributed by atoms with Gasteiger partial charge in [-0.3, -0.25) is 4.79 Å².